The van der Waals surface area contributed by atoms with Gasteiger partial charge in [0.15, 0.2) is 5.11 Å². The van der Waals surface area contributed by atoms with E-state index in [1.54, 1.807) is 37.4 Å². The summed E-state index contributed by atoms with van der Waals surface area (Å²) < 4.78 is 13.4. The second kappa shape index (κ2) is 6.05. The molecule has 0 fully saturated rings. The van der Waals surface area contributed by atoms with Gasteiger partial charge in [-0.1, -0.05) is 12.1 Å². The first-order valence-corrected chi connectivity index (χ1v) is 5.93. The number of nitrogens with one attached hydrogen (secondary N) is 3. The molecule has 0 saturated carbocycles. The van der Waals surface area contributed by atoms with Crippen LogP contribution in [0, 0.1) is 5.82 Å². The molecule has 0 aliphatic rings. The molecule has 3 N–H and O–H groups in total. The molecule has 0 bridgehead atoms. The van der Waals surface area contributed by atoms with Gasteiger partial charge in [-0.3, -0.25) is 10.5 Å². The van der Waals surface area contributed by atoms with E-state index in [9.17, 15) is 4.39 Å². The third kappa shape index (κ3) is 3.59. The summed E-state index contributed by atoms with van der Waals surface area (Å²) in [4.78, 5) is 0. The Morgan fingerprint density at radius 1 is 1.37 bits per heavy atom. The Bertz CT molecular complexity index is 594. The number of thiocarbonyl (C=S) groups is 1. The predicted molar refractivity (Wildman–Crippen MR) is 76.6 cm³/mol. The van der Waals surface area contributed by atoms with E-state index in [0.29, 0.717) is 11.4 Å². The summed E-state index contributed by atoms with van der Waals surface area (Å²) in [6.07, 6.45) is 1.63. The first kappa shape index (κ1) is 13.2. The van der Waals surface area contributed by atoms with Gasteiger partial charge < -0.3 is 5.32 Å². The minimum Gasteiger partial charge on any atom is -0.329 e. The average molecular weight is 277 g/mol. The fraction of sp³-hybridized carbons (Fsp3) is 0.0833. The van der Waals surface area contributed by atoms with Gasteiger partial charge in [0, 0.05) is 6.20 Å². The molecule has 98 valence electrons. The van der Waals surface area contributed by atoms with Crippen molar-refractivity contribution in [3.05, 3.63) is 48.0 Å². The lowest BCUT2D eigenvalue weighted by Gasteiger charge is -2.08. The highest BCUT2D eigenvalue weighted by atomic mass is 32.1. The predicted octanol–water partition coefficient (Wildman–Crippen LogP) is 2.26. The van der Waals surface area contributed by atoms with E-state index in [4.69, 9.17) is 12.2 Å². The molecule has 19 heavy (non-hydrogen) atoms. The van der Waals surface area contributed by atoms with E-state index in [1.165, 1.54) is 6.07 Å². The first-order valence-electron chi connectivity index (χ1n) is 5.52. The van der Waals surface area contributed by atoms with Crippen LogP contribution in [-0.2, 0) is 0 Å². The number of anilines is 1. The summed E-state index contributed by atoms with van der Waals surface area (Å²) in [5.74, 6) is -0.374. The topological polar surface area (TPSA) is 65.1 Å². The van der Waals surface area contributed by atoms with Gasteiger partial charge in [-0.05, 0) is 37.3 Å². The van der Waals surface area contributed by atoms with Crippen LogP contribution >= 0.6 is 12.2 Å². The van der Waals surface area contributed by atoms with Gasteiger partial charge in [0.2, 0.25) is 0 Å². The van der Waals surface area contributed by atoms with Gasteiger partial charge in [0.05, 0.1) is 17.1 Å². The maximum absolute atomic E-state index is 13.4. The molecule has 1 aromatic heterocycles. The normalized spacial score (nSPS) is 11.2. The number of H-pyrrole nitrogens is 1. The van der Waals surface area contributed by atoms with E-state index in [0.717, 1.165) is 5.69 Å². The van der Waals surface area contributed by atoms with Crippen molar-refractivity contribution >= 4 is 28.7 Å². The van der Waals surface area contributed by atoms with Crippen LogP contribution in [-0.4, -0.2) is 21.0 Å². The lowest BCUT2D eigenvalue weighted by atomic mass is 10.3. The maximum atomic E-state index is 13.4. The fourth-order valence-corrected chi connectivity index (χ4v) is 1.52. The molecule has 5 nitrogen and oxygen atoms in total. The SMILES string of the molecule is CC(=NNC(=S)Nc1ccccc1F)c1ccn[nH]1. The number of hydrogen-bond acceptors (Lipinski definition) is 3. The molecule has 0 aliphatic heterocycles. The van der Waals surface area contributed by atoms with Crippen LogP contribution in [0.1, 0.15) is 12.6 Å². The standard InChI is InChI=1S/C12H12FN5S/c1-8(10-6-7-14-17-10)16-18-12(19)15-11-5-3-2-4-9(11)13/h2-7H,1H3,(H,14,17)(H2,15,18,19). The Morgan fingerprint density at radius 3 is 2.84 bits per heavy atom. The second-order valence-electron chi connectivity index (χ2n) is 3.71. The minimum absolute atomic E-state index is 0.212. The summed E-state index contributed by atoms with van der Waals surface area (Å²) in [7, 11) is 0. The van der Waals surface area contributed by atoms with Crippen LogP contribution in [0.4, 0.5) is 10.1 Å². The van der Waals surface area contributed by atoms with Crippen LogP contribution in [0.5, 0.6) is 0 Å². The minimum atomic E-state index is -0.374. The van der Waals surface area contributed by atoms with E-state index < -0.39 is 0 Å². The molecule has 1 aromatic carbocycles. The van der Waals surface area contributed by atoms with Crippen LogP contribution in [0.2, 0.25) is 0 Å². The largest absolute Gasteiger partial charge is 0.329 e. The Kier molecular flexibility index (Phi) is 4.19. The van der Waals surface area contributed by atoms with Crippen molar-refractivity contribution in [2.45, 2.75) is 6.92 Å². The maximum Gasteiger partial charge on any atom is 0.191 e. The van der Waals surface area contributed by atoms with Crippen molar-refractivity contribution in [2.75, 3.05) is 5.32 Å². The zero-order valence-electron chi connectivity index (χ0n) is 10.1. The molecule has 1 heterocycles. The fourth-order valence-electron chi connectivity index (χ4n) is 1.37. The number of rotatable bonds is 3. The molecular formula is C12H12FN5S. The molecule has 0 radical (unpaired) electrons. The summed E-state index contributed by atoms with van der Waals surface area (Å²) in [6, 6.07) is 8.05. The number of nitrogens with zero attached hydrogens (tertiary/aromatic N) is 2. The molecule has 2 aromatic rings. The van der Waals surface area contributed by atoms with Crippen molar-refractivity contribution in [1.82, 2.24) is 15.6 Å². The highest BCUT2D eigenvalue weighted by Crippen LogP contribution is 2.11. The summed E-state index contributed by atoms with van der Waals surface area (Å²) in [6.45, 7) is 1.80. The first-order chi connectivity index (χ1) is 9.16. The lowest BCUT2D eigenvalue weighted by molar-refractivity contribution is 0.632. The highest BCUT2D eigenvalue weighted by Gasteiger charge is 2.03. The van der Waals surface area contributed by atoms with Gasteiger partial charge in [0.1, 0.15) is 5.82 Å². The van der Waals surface area contributed by atoms with Gasteiger partial charge in [-0.25, -0.2) is 4.39 Å². The number of aromatic nitrogens is 2. The molecule has 2 rings (SSSR count). The Hall–Kier alpha value is -2.28. The third-order valence-electron chi connectivity index (χ3n) is 2.34. The van der Waals surface area contributed by atoms with Crippen molar-refractivity contribution in [3.63, 3.8) is 0 Å². The van der Waals surface area contributed by atoms with Crippen molar-refractivity contribution in [2.24, 2.45) is 5.10 Å². The van der Waals surface area contributed by atoms with Crippen LogP contribution in [0.15, 0.2) is 41.6 Å². The molecule has 0 aliphatic carbocycles. The Labute approximate surface area is 114 Å². The van der Waals surface area contributed by atoms with Crippen molar-refractivity contribution in [1.29, 1.82) is 0 Å². The number of benzene rings is 1. The quantitative estimate of drug-likeness (QED) is 0.457. The van der Waals surface area contributed by atoms with E-state index in [1.807, 2.05) is 0 Å². The Morgan fingerprint density at radius 2 is 2.16 bits per heavy atom. The monoisotopic (exact) mass is 277 g/mol. The third-order valence-corrected chi connectivity index (χ3v) is 2.53. The van der Waals surface area contributed by atoms with E-state index in [2.05, 4.69) is 26.0 Å². The molecule has 7 heteroatoms. The molecule has 0 atom stereocenters. The highest BCUT2D eigenvalue weighted by molar-refractivity contribution is 7.80. The summed E-state index contributed by atoms with van der Waals surface area (Å²) >= 11 is 5.02. The van der Waals surface area contributed by atoms with Gasteiger partial charge in [0.25, 0.3) is 0 Å². The van der Waals surface area contributed by atoms with Gasteiger partial charge in [-0.15, -0.1) is 0 Å². The molecule has 0 amide bonds. The molecule has 0 saturated heterocycles. The van der Waals surface area contributed by atoms with Crippen molar-refractivity contribution < 1.29 is 4.39 Å². The van der Waals surface area contributed by atoms with Gasteiger partial charge >= 0.3 is 0 Å². The van der Waals surface area contributed by atoms with E-state index >= 15 is 0 Å². The van der Waals surface area contributed by atoms with Crippen molar-refractivity contribution in [3.8, 4) is 0 Å². The smallest absolute Gasteiger partial charge is 0.191 e. The van der Waals surface area contributed by atoms with Gasteiger partial charge in [-0.2, -0.15) is 10.2 Å². The zero-order chi connectivity index (χ0) is 13.7. The van der Waals surface area contributed by atoms with E-state index in [-0.39, 0.29) is 10.9 Å². The average Bonchev–Trinajstić information content (AvgIpc) is 2.93. The van der Waals surface area contributed by atoms with Crippen LogP contribution in [0.25, 0.3) is 0 Å². The number of hydrogen-bond donors (Lipinski definition) is 3. The zero-order valence-corrected chi connectivity index (χ0v) is 11.0. The summed E-state index contributed by atoms with van der Waals surface area (Å²) in [5, 5.41) is 13.6. The number of aromatic amines is 1. The molecular weight excluding hydrogens is 265 g/mol. The van der Waals surface area contributed by atoms with Crippen LogP contribution < -0.4 is 10.7 Å². The number of hydrazone groups is 1. The molecule has 0 unspecified atom stereocenters. The lowest BCUT2D eigenvalue weighted by Crippen LogP contribution is -2.25. The second-order valence-corrected chi connectivity index (χ2v) is 4.12. The summed E-state index contributed by atoms with van der Waals surface area (Å²) in [5.41, 5.74) is 4.41. The Balaban J connectivity index is 1.96. The number of para-hydroxylation sites is 1. The molecule has 0 spiro atoms. The van der Waals surface area contributed by atoms with Crippen LogP contribution in [0.3, 0.4) is 0 Å². The number of halogens is 1.